The van der Waals surface area contributed by atoms with Gasteiger partial charge in [-0.3, -0.25) is 4.79 Å². The largest absolute Gasteiger partial charge is 0.364 e. The van der Waals surface area contributed by atoms with Crippen molar-refractivity contribution in [2.45, 2.75) is 13.3 Å². The van der Waals surface area contributed by atoms with Crippen LogP contribution in [0.5, 0.6) is 0 Å². The van der Waals surface area contributed by atoms with Gasteiger partial charge in [-0.2, -0.15) is 0 Å². The molecule has 4 heteroatoms. The van der Waals surface area contributed by atoms with E-state index in [0.717, 1.165) is 12.5 Å². The molecular formula is C9H12N2O2. The molecule has 1 fully saturated rings. The van der Waals surface area contributed by atoms with E-state index in [1.807, 2.05) is 0 Å². The van der Waals surface area contributed by atoms with Gasteiger partial charge in [-0.15, -0.1) is 0 Å². The van der Waals surface area contributed by atoms with Crippen LogP contribution in [0.3, 0.4) is 0 Å². The molecule has 2 atom stereocenters. The van der Waals surface area contributed by atoms with Gasteiger partial charge in [0.25, 0.3) is 5.91 Å². The number of carbonyl (C=O) groups is 1. The first-order chi connectivity index (χ1) is 6.27. The highest BCUT2D eigenvalue weighted by Gasteiger charge is 2.32. The molecule has 1 aromatic heterocycles. The van der Waals surface area contributed by atoms with E-state index >= 15 is 0 Å². The van der Waals surface area contributed by atoms with Crippen molar-refractivity contribution < 1.29 is 9.32 Å². The quantitative estimate of drug-likeness (QED) is 0.756. The van der Waals surface area contributed by atoms with Gasteiger partial charge in [0, 0.05) is 6.54 Å². The fourth-order valence-electron chi connectivity index (χ4n) is 1.33. The summed E-state index contributed by atoms with van der Waals surface area (Å²) in [5.41, 5.74) is 0.494. The Balaban J connectivity index is 1.79. The normalized spacial score (nSPS) is 25.6. The summed E-state index contributed by atoms with van der Waals surface area (Å²) in [7, 11) is 0. The standard InChI is InChI=1S/C9H12N2O2/c1-6-2-7(6)3-10-9(12)8-4-11-13-5-8/h4-7H,2-3H2,1H3,(H,10,12). The number of nitrogens with zero attached hydrogens (tertiary/aromatic N) is 1. The van der Waals surface area contributed by atoms with Crippen LogP contribution in [0.15, 0.2) is 17.0 Å². The predicted octanol–water partition coefficient (Wildman–Crippen LogP) is 1.06. The number of aromatic nitrogens is 1. The molecule has 1 N–H and O–H groups in total. The highest BCUT2D eigenvalue weighted by atomic mass is 16.5. The first-order valence-electron chi connectivity index (χ1n) is 4.45. The van der Waals surface area contributed by atoms with Crippen molar-refractivity contribution in [2.24, 2.45) is 11.8 Å². The van der Waals surface area contributed by atoms with E-state index in [1.165, 1.54) is 18.9 Å². The highest BCUT2D eigenvalue weighted by Crippen LogP contribution is 2.36. The van der Waals surface area contributed by atoms with Gasteiger partial charge in [-0.05, 0) is 18.3 Å². The molecule has 1 saturated carbocycles. The van der Waals surface area contributed by atoms with Crippen LogP contribution >= 0.6 is 0 Å². The zero-order valence-corrected chi connectivity index (χ0v) is 7.49. The van der Waals surface area contributed by atoms with Crippen LogP contribution in [0.1, 0.15) is 23.7 Å². The van der Waals surface area contributed by atoms with Gasteiger partial charge in [0.1, 0.15) is 6.26 Å². The van der Waals surface area contributed by atoms with Gasteiger partial charge in [0.15, 0.2) is 0 Å². The molecule has 2 unspecified atom stereocenters. The third kappa shape index (κ3) is 1.88. The number of nitrogens with one attached hydrogen (secondary N) is 1. The third-order valence-electron chi connectivity index (χ3n) is 2.50. The maximum atomic E-state index is 11.3. The Hall–Kier alpha value is -1.32. The van der Waals surface area contributed by atoms with E-state index in [2.05, 4.69) is 21.9 Å². The average Bonchev–Trinajstić information content (AvgIpc) is 2.67. The van der Waals surface area contributed by atoms with Crippen molar-refractivity contribution in [3.63, 3.8) is 0 Å². The van der Waals surface area contributed by atoms with Crippen molar-refractivity contribution in [3.05, 3.63) is 18.0 Å². The molecular weight excluding hydrogens is 168 g/mol. The molecule has 0 saturated heterocycles. The van der Waals surface area contributed by atoms with Gasteiger partial charge < -0.3 is 9.84 Å². The topological polar surface area (TPSA) is 55.1 Å². The van der Waals surface area contributed by atoms with E-state index in [9.17, 15) is 4.79 Å². The second kappa shape index (κ2) is 3.20. The van der Waals surface area contributed by atoms with Gasteiger partial charge in [-0.1, -0.05) is 12.1 Å². The summed E-state index contributed by atoms with van der Waals surface area (Å²) in [6, 6.07) is 0. The molecule has 70 valence electrons. The Bertz CT molecular complexity index is 295. The first kappa shape index (κ1) is 8.29. The molecule has 4 nitrogen and oxygen atoms in total. The maximum Gasteiger partial charge on any atom is 0.256 e. The number of rotatable bonds is 3. The lowest BCUT2D eigenvalue weighted by atomic mass is 10.3. The second-order valence-corrected chi connectivity index (χ2v) is 3.60. The van der Waals surface area contributed by atoms with Crippen LogP contribution < -0.4 is 5.32 Å². The van der Waals surface area contributed by atoms with Crippen LogP contribution in [-0.2, 0) is 0 Å². The molecule has 0 aliphatic heterocycles. The molecule has 1 aromatic rings. The number of hydrogen-bond donors (Lipinski definition) is 1. The van der Waals surface area contributed by atoms with Crippen molar-refractivity contribution in [1.82, 2.24) is 10.5 Å². The Labute approximate surface area is 76.3 Å². The monoisotopic (exact) mass is 180 g/mol. The summed E-state index contributed by atoms with van der Waals surface area (Å²) in [6.45, 7) is 2.96. The van der Waals surface area contributed by atoms with Gasteiger partial charge in [0.05, 0.1) is 11.8 Å². The predicted molar refractivity (Wildman–Crippen MR) is 46.1 cm³/mol. The number of carbonyl (C=O) groups excluding carboxylic acids is 1. The lowest BCUT2D eigenvalue weighted by Crippen LogP contribution is -2.25. The summed E-state index contributed by atoms with van der Waals surface area (Å²) >= 11 is 0. The molecule has 1 amide bonds. The number of amides is 1. The van der Waals surface area contributed by atoms with Crippen molar-refractivity contribution in [1.29, 1.82) is 0 Å². The summed E-state index contributed by atoms with van der Waals surface area (Å²) in [4.78, 5) is 11.3. The minimum atomic E-state index is -0.0969. The smallest absolute Gasteiger partial charge is 0.256 e. The Morgan fingerprint density at radius 3 is 3.15 bits per heavy atom. The van der Waals surface area contributed by atoms with Crippen LogP contribution in [0, 0.1) is 11.8 Å². The molecule has 13 heavy (non-hydrogen) atoms. The molecule has 0 radical (unpaired) electrons. The molecule has 0 spiro atoms. The lowest BCUT2D eigenvalue weighted by molar-refractivity contribution is 0.0950. The van der Waals surface area contributed by atoms with Gasteiger partial charge in [-0.25, -0.2) is 0 Å². The SMILES string of the molecule is CC1CC1CNC(=O)c1cnoc1. The van der Waals surface area contributed by atoms with Crippen LogP contribution in [-0.4, -0.2) is 17.6 Å². The van der Waals surface area contributed by atoms with Crippen LogP contribution in [0.25, 0.3) is 0 Å². The molecule has 1 heterocycles. The van der Waals surface area contributed by atoms with E-state index in [0.29, 0.717) is 11.5 Å². The van der Waals surface area contributed by atoms with Crippen molar-refractivity contribution in [2.75, 3.05) is 6.54 Å². The zero-order valence-electron chi connectivity index (χ0n) is 7.49. The minimum Gasteiger partial charge on any atom is -0.364 e. The second-order valence-electron chi connectivity index (χ2n) is 3.60. The molecule has 1 aliphatic carbocycles. The molecule has 1 aliphatic rings. The zero-order chi connectivity index (χ0) is 9.26. The van der Waals surface area contributed by atoms with Crippen LogP contribution in [0.4, 0.5) is 0 Å². The average molecular weight is 180 g/mol. The summed E-state index contributed by atoms with van der Waals surface area (Å²) in [6.07, 6.45) is 4.00. The van der Waals surface area contributed by atoms with E-state index in [1.54, 1.807) is 0 Å². The fraction of sp³-hybridized carbons (Fsp3) is 0.556. The molecule has 0 aromatic carbocycles. The van der Waals surface area contributed by atoms with Crippen molar-refractivity contribution >= 4 is 5.91 Å². The third-order valence-corrected chi connectivity index (χ3v) is 2.50. The maximum absolute atomic E-state index is 11.3. The molecule has 2 rings (SSSR count). The van der Waals surface area contributed by atoms with Crippen LogP contribution in [0.2, 0.25) is 0 Å². The molecule has 0 bridgehead atoms. The fourth-order valence-corrected chi connectivity index (χ4v) is 1.33. The van der Waals surface area contributed by atoms with E-state index in [4.69, 9.17) is 0 Å². The minimum absolute atomic E-state index is 0.0969. The van der Waals surface area contributed by atoms with Crippen molar-refractivity contribution in [3.8, 4) is 0 Å². The highest BCUT2D eigenvalue weighted by molar-refractivity contribution is 5.93. The van der Waals surface area contributed by atoms with E-state index in [-0.39, 0.29) is 5.91 Å². The Kier molecular flexibility index (Phi) is 2.04. The Morgan fingerprint density at radius 1 is 1.85 bits per heavy atom. The number of hydrogen-bond acceptors (Lipinski definition) is 3. The summed E-state index contributed by atoms with van der Waals surface area (Å²) < 4.78 is 4.57. The summed E-state index contributed by atoms with van der Waals surface area (Å²) in [5.74, 6) is 1.34. The lowest BCUT2D eigenvalue weighted by Gasteiger charge is -2.00. The van der Waals surface area contributed by atoms with E-state index < -0.39 is 0 Å². The summed E-state index contributed by atoms with van der Waals surface area (Å²) in [5, 5.41) is 6.30. The Morgan fingerprint density at radius 2 is 2.62 bits per heavy atom. The van der Waals surface area contributed by atoms with Gasteiger partial charge in [0.2, 0.25) is 0 Å². The first-order valence-corrected chi connectivity index (χ1v) is 4.45. The van der Waals surface area contributed by atoms with Gasteiger partial charge >= 0.3 is 0 Å².